The van der Waals surface area contributed by atoms with Crippen molar-refractivity contribution in [2.45, 2.75) is 52.2 Å². The third-order valence-electron chi connectivity index (χ3n) is 4.80. The fourth-order valence-corrected chi connectivity index (χ4v) is 3.29. The van der Waals surface area contributed by atoms with E-state index >= 15 is 0 Å². The summed E-state index contributed by atoms with van der Waals surface area (Å²) in [5, 5.41) is 5.58. The molecule has 1 aromatic carbocycles. The van der Waals surface area contributed by atoms with Gasteiger partial charge in [0.05, 0.1) is 18.2 Å². The first-order valence-electron chi connectivity index (χ1n) is 9.25. The van der Waals surface area contributed by atoms with E-state index in [-0.39, 0.29) is 18.0 Å². The van der Waals surface area contributed by atoms with E-state index in [0.29, 0.717) is 30.5 Å². The van der Waals surface area contributed by atoms with Crippen LogP contribution in [0.1, 0.15) is 37.8 Å². The Balaban J connectivity index is 1.82. The number of nitrogens with zero attached hydrogens (tertiary/aromatic N) is 1. The molecule has 1 aliphatic heterocycles. The normalized spacial score (nSPS) is 20.0. The third kappa shape index (κ3) is 4.43. The zero-order valence-electron chi connectivity index (χ0n) is 15.7. The quantitative estimate of drug-likeness (QED) is 0.736. The summed E-state index contributed by atoms with van der Waals surface area (Å²) in [5.41, 5.74) is 3.63. The van der Waals surface area contributed by atoms with Crippen molar-refractivity contribution in [1.82, 2.24) is 15.5 Å². The lowest BCUT2D eigenvalue weighted by molar-refractivity contribution is -0.139. The molecular weight excluding hydrogens is 330 g/mol. The number of ether oxygens (including phenoxy) is 1. The highest BCUT2D eigenvalue weighted by molar-refractivity contribution is 5.94. The molecule has 2 N–H and O–H groups in total. The van der Waals surface area contributed by atoms with Crippen molar-refractivity contribution in [2.75, 3.05) is 13.2 Å². The smallest absolute Gasteiger partial charge is 0.337 e. The Morgan fingerprint density at radius 2 is 1.92 bits per heavy atom. The zero-order chi connectivity index (χ0) is 18.7. The average molecular weight is 357 g/mol. The van der Waals surface area contributed by atoms with Crippen molar-refractivity contribution >= 4 is 12.0 Å². The van der Waals surface area contributed by atoms with Crippen LogP contribution in [0, 0.1) is 6.92 Å². The highest BCUT2D eigenvalue weighted by Gasteiger charge is 2.34. The second-order valence-corrected chi connectivity index (χ2v) is 7.05. The molecule has 0 bridgehead atoms. The van der Waals surface area contributed by atoms with Crippen LogP contribution >= 0.6 is 0 Å². The van der Waals surface area contributed by atoms with Gasteiger partial charge in [0, 0.05) is 24.8 Å². The number of carbonyl (C=O) groups is 2. The number of aryl methyl sites for hydroxylation is 1. The van der Waals surface area contributed by atoms with E-state index in [9.17, 15) is 9.59 Å². The lowest BCUT2D eigenvalue weighted by Gasteiger charge is -2.30. The summed E-state index contributed by atoms with van der Waals surface area (Å²) in [6.45, 7) is 7.31. The number of urea groups is 1. The molecule has 0 spiro atoms. The van der Waals surface area contributed by atoms with Crippen LogP contribution in [0.5, 0.6) is 0 Å². The van der Waals surface area contributed by atoms with Crippen LogP contribution in [0.2, 0.25) is 0 Å². The van der Waals surface area contributed by atoms with Crippen LogP contribution in [0.25, 0.3) is 0 Å². The molecule has 3 rings (SSSR count). The minimum absolute atomic E-state index is 0.272. The van der Waals surface area contributed by atoms with Gasteiger partial charge in [0.15, 0.2) is 0 Å². The molecule has 6 nitrogen and oxygen atoms in total. The Morgan fingerprint density at radius 3 is 2.54 bits per heavy atom. The predicted molar refractivity (Wildman–Crippen MR) is 99.4 cm³/mol. The molecule has 0 radical (unpaired) electrons. The number of hydrogen-bond donors (Lipinski definition) is 2. The van der Waals surface area contributed by atoms with Gasteiger partial charge in [-0.05, 0) is 39.2 Å². The van der Waals surface area contributed by atoms with Gasteiger partial charge in [0.1, 0.15) is 0 Å². The number of nitrogens with one attached hydrogen (secondary N) is 2. The summed E-state index contributed by atoms with van der Waals surface area (Å²) >= 11 is 0. The van der Waals surface area contributed by atoms with E-state index in [1.165, 1.54) is 11.1 Å². The molecular formula is C20H27N3O3. The Hall–Kier alpha value is -2.34. The fraction of sp³-hybridized carbons (Fsp3) is 0.500. The maximum Gasteiger partial charge on any atom is 0.337 e. The molecule has 1 aliphatic carbocycles. The van der Waals surface area contributed by atoms with E-state index in [4.69, 9.17) is 4.74 Å². The minimum Gasteiger partial charge on any atom is -0.463 e. The summed E-state index contributed by atoms with van der Waals surface area (Å²) in [4.78, 5) is 26.7. The topological polar surface area (TPSA) is 70.7 Å². The van der Waals surface area contributed by atoms with E-state index in [2.05, 4.69) is 46.7 Å². The maximum absolute atomic E-state index is 12.4. The molecule has 1 atom stereocenters. The Morgan fingerprint density at radius 1 is 1.23 bits per heavy atom. The first kappa shape index (κ1) is 18.5. The fourth-order valence-electron chi connectivity index (χ4n) is 3.29. The third-order valence-corrected chi connectivity index (χ3v) is 4.80. The molecule has 1 heterocycles. The van der Waals surface area contributed by atoms with Crippen LogP contribution in [0.3, 0.4) is 0 Å². The van der Waals surface area contributed by atoms with Gasteiger partial charge < -0.3 is 15.4 Å². The van der Waals surface area contributed by atoms with Gasteiger partial charge in [0.2, 0.25) is 0 Å². The molecule has 1 unspecified atom stereocenters. The number of benzene rings is 1. The maximum atomic E-state index is 12.4. The van der Waals surface area contributed by atoms with E-state index in [1.54, 1.807) is 6.92 Å². The van der Waals surface area contributed by atoms with Gasteiger partial charge in [-0.2, -0.15) is 0 Å². The summed E-state index contributed by atoms with van der Waals surface area (Å²) in [5.74, 6) is -0.367. The minimum atomic E-state index is -0.367. The monoisotopic (exact) mass is 357 g/mol. The predicted octanol–water partition coefficient (Wildman–Crippen LogP) is 2.48. The molecule has 0 aromatic heterocycles. The molecule has 2 amide bonds. The van der Waals surface area contributed by atoms with E-state index in [1.807, 2.05) is 6.92 Å². The lowest BCUT2D eigenvalue weighted by Crippen LogP contribution is -2.51. The molecule has 1 aromatic rings. The van der Waals surface area contributed by atoms with Crippen LogP contribution in [-0.4, -0.2) is 42.1 Å². The Kier molecular flexibility index (Phi) is 5.61. The Labute approximate surface area is 154 Å². The van der Waals surface area contributed by atoms with Crippen LogP contribution in [-0.2, 0) is 16.1 Å². The molecule has 26 heavy (non-hydrogen) atoms. The van der Waals surface area contributed by atoms with Crippen LogP contribution in [0.15, 0.2) is 35.5 Å². The van der Waals surface area contributed by atoms with Crippen LogP contribution in [0.4, 0.5) is 4.79 Å². The van der Waals surface area contributed by atoms with Gasteiger partial charge >= 0.3 is 12.0 Å². The molecule has 6 heteroatoms. The largest absolute Gasteiger partial charge is 0.463 e. The SMILES string of the molecule is CCOC(=O)C1=C(CN(Cc2ccc(C)cc2)C2CC2)NC(=O)NC1C. The molecule has 0 saturated heterocycles. The number of rotatable bonds is 7. The molecule has 2 aliphatic rings. The van der Waals surface area contributed by atoms with Crippen molar-refractivity contribution in [3.8, 4) is 0 Å². The number of carbonyl (C=O) groups excluding carboxylic acids is 2. The van der Waals surface area contributed by atoms with Crippen molar-refractivity contribution in [2.24, 2.45) is 0 Å². The van der Waals surface area contributed by atoms with Gasteiger partial charge in [-0.25, -0.2) is 9.59 Å². The standard InChI is InChI=1S/C20H27N3O3/c1-4-26-19(24)18-14(3)21-20(25)22-17(18)12-23(16-9-10-16)11-15-7-5-13(2)6-8-15/h5-8,14,16H,4,9-12H2,1-3H3,(H2,21,22,25). The van der Waals surface area contributed by atoms with Crippen LogP contribution < -0.4 is 10.6 Å². The van der Waals surface area contributed by atoms with Gasteiger partial charge in [-0.15, -0.1) is 0 Å². The molecule has 1 saturated carbocycles. The van der Waals surface area contributed by atoms with E-state index in [0.717, 1.165) is 19.4 Å². The molecule has 1 fully saturated rings. The number of esters is 1. The zero-order valence-corrected chi connectivity index (χ0v) is 15.7. The van der Waals surface area contributed by atoms with Gasteiger partial charge in [0.25, 0.3) is 0 Å². The first-order chi connectivity index (χ1) is 12.5. The van der Waals surface area contributed by atoms with Gasteiger partial charge in [-0.1, -0.05) is 29.8 Å². The van der Waals surface area contributed by atoms with Crippen molar-refractivity contribution in [3.05, 3.63) is 46.7 Å². The second-order valence-electron chi connectivity index (χ2n) is 7.05. The lowest BCUT2D eigenvalue weighted by atomic mass is 10.0. The summed E-state index contributed by atoms with van der Waals surface area (Å²) in [7, 11) is 0. The van der Waals surface area contributed by atoms with E-state index < -0.39 is 0 Å². The molecule has 140 valence electrons. The number of hydrogen-bond acceptors (Lipinski definition) is 4. The highest BCUT2D eigenvalue weighted by Crippen LogP contribution is 2.30. The summed E-state index contributed by atoms with van der Waals surface area (Å²) in [6.07, 6.45) is 2.30. The average Bonchev–Trinajstić information content (AvgIpc) is 3.41. The second kappa shape index (κ2) is 7.91. The Bertz CT molecular complexity index is 708. The van der Waals surface area contributed by atoms with Gasteiger partial charge in [-0.3, -0.25) is 4.90 Å². The summed E-state index contributed by atoms with van der Waals surface area (Å²) < 4.78 is 5.20. The number of amides is 2. The van der Waals surface area contributed by atoms with Crippen molar-refractivity contribution in [3.63, 3.8) is 0 Å². The summed E-state index contributed by atoms with van der Waals surface area (Å²) in [6, 6.07) is 8.35. The van der Waals surface area contributed by atoms with Crippen molar-refractivity contribution in [1.29, 1.82) is 0 Å². The van der Waals surface area contributed by atoms with Crippen molar-refractivity contribution < 1.29 is 14.3 Å². The highest BCUT2D eigenvalue weighted by atomic mass is 16.5. The first-order valence-corrected chi connectivity index (χ1v) is 9.25.